The first-order valence-corrected chi connectivity index (χ1v) is 12.0. The van der Waals surface area contributed by atoms with E-state index in [1.54, 1.807) is 31.4 Å². The van der Waals surface area contributed by atoms with E-state index in [4.69, 9.17) is 21.1 Å². The second-order valence-corrected chi connectivity index (χ2v) is 9.52. The Kier molecular flexibility index (Phi) is 6.15. The maximum atomic E-state index is 13.8. The highest BCUT2D eigenvalue weighted by molar-refractivity contribution is 6.31. The second kappa shape index (κ2) is 9.27. The molecule has 0 unspecified atom stereocenters. The predicted molar refractivity (Wildman–Crippen MR) is 132 cm³/mol. The molecule has 3 aromatic carbocycles. The van der Waals surface area contributed by atoms with Crippen molar-refractivity contribution in [2.24, 2.45) is 0 Å². The Morgan fingerprint density at radius 3 is 2.46 bits per heavy atom. The van der Waals surface area contributed by atoms with Crippen LogP contribution >= 0.6 is 11.6 Å². The summed E-state index contributed by atoms with van der Waals surface area (Å²) in [5.41, 5.74) is 2.16. The minimum absolute atomic E-state index is 0.0366. The summed E-state index contributed by atoms with van der Waals surface area (Å²) in [5, 5.41) is 13.1. The van der Waals surface area contributed by atoms with Gasteiger partial charge in [0.05, 0.1) is 24.1 Å². The van der Waals surface area contributed by atoms with Crippen LogP contribution in [-0.2, 0) is 10.2 Å². The van der Waals surface area contributed by atoms with Gasteiger partial charge in [-0.2, -0.15) is 0 Å². The monoisotopic (exact) mass is 491 g/mol. The van der Waals surface area contributed by atoms with Crippen LogP contribution in [0, 0.1) is 0 Å². The van der Waals surface area contributed by atoms with E-state index in [-0.39, 0.29) is 23.6 Å². The molecule has 3 aromatic rings. The third kappa shape index (κ3) is 4.23. The highest BCUT2D eigenvalue weighted by Gasteiger charge is 2.48. The van der Waals surface area contributed by atoms with Crippen molar-refractivity contribution in [1.82, 2.24) is 5.32 Å². The maximum absolute atomic E-state index is 13.8. The van der Waals surface area contributed by atoms with E-state index < -0.39 is 11.4 Å². The largest absolute Gasteiger partial charge is 0.497 e. The van der Waals surface area contributed by atoms with Gasteiger partial charge < -0.3 is 19.9 Å². The number of halogens is 1. The zero-order valence-corrected chi connectivity index (χ0v) is 20.0. The number of carbonyl (C=O) groups is 2. The number of carboxylic acid groups (broad SMARTS) is 1. The van der Waals surface area contributed by atoms with Gasteiger partial charge in [0.2, 0.25) is 5.91 Å². The number of rotatable bonds is 6. The molecule has 1 aliphatic heterocycles. The average Bonchev–Trinajstić information content (AvgIpc) is 2.84. The average molecular weight is 492 g/mol. The number of aromatic carboxylic acids is 1. The van der Waals surface area contributed by atoms with E-state index in [0.717, 1.165) is 36.0 Å². The van der Waals surface area contributed by atoms with Gasteiger partial charge in [0.1, 0.15) is 17.6 Å². The Morgan fingerprint density at radius 2 is 1.83 bits per heavy atom. The summed E-state index contributed by atoms with van der Waals surface area (Å²) >= 11 is 6.51. The van der Waals surface area contributed by atoms with E-state index in [0.29, 0.717) is 22.9 Å². The van der Waals surface area contributed by atoms with Crippen molar-refractivity contribution in [1.29, 1.82) is 0 Å². The molecule has 2 atom stereocenters. The molecule has 1 aliphatic carbocycles. The van der Waals surface area contributed by atoms with Gasteiger partial charge in [-0.15, -0.1) is 0 Å². The van der Waals surface area contributed by atoms with E-state index in [9.17, 15) is 14.7 Å². The number of nitrogens with one attached hydrogen (secondary N) is 1. The van der Waals surface area contributed by atoms with Crippen LogP contribution in [0.1, 0.15) is 64.9 Å². The van der Waals surface area contributed by atoms with Crippen molar-refractivity contribution < 1.29 is 24.2 Å². The Hall–Kier alpha value is -3.51. The fraction of sp³-hybridized carbons (Fsp3) is 0.286. The number of hydrogen-bond acceptors (Lipinski definition) is 4. The molecule has 5 rings (SSSR count). The normalized spacial score (nSPS) is 20.1. The van der Waals surface area contributed by atoms with Gasteiger partial charge in [-0.1, -0.05) is 48.4 Å². The highest BCUT2D eigenvalue weighted by Crippen LogP contribution is 2.48. The summed E-state index contributed by atoms with van der Waals surface area (Å²) < 4.78 is 11.7. The molecule has 0 saturated heterocycles. The molecule has 2 aliphatic rings. The van der Waals surface area contributed by atoms with Crippen molar-refractivity contribution in [3.05, 3.63) is 94.0 Å². The SMILES string of the molecule is COc1ccc2c(c1)O[C@@H](c1ccc(C(=O)O)cc1)C[C@H]2NC(=O)C1(c2ccccc2Cl)CCC1. The van der Waals surface area contributed by atoms with E-state index in [2.05, 4.69) is 5.32 Å². The van der Waals surface area contributed by atoms with Crippen molar-refractivity contribution >= 4 is 23.5 Å². The van der Waals surface area contributed by atoms with Gasteiger partial charge in [-0.25, -0.2) is 4.79 Å². The molecule has 2 N–H and O–H groups in total. The predicted octanol–water partition coefficient (Wildman–Crippen LogP) is 5.85. The topological polar surface area (TPSA) is 84.9 Å². The highest BCUT2D eigenvalue weighted by atomic mass is 35.5. The fourth-order valence-corrected chi connectivity index (χ4v) is 5.37. The number of methoxy groups -OCH3 is 1. The van der Waals surface area contributed by atoms with Crippen molar-refractivity contribution in [2.45, 2.75) is 43.2 Å². The summed E-state index contributed by atoms with van der Waals surface area (Å²) in [4.78, 5) is 25.0. The fourth-order valence-electron chi connectivity index (χ4n) is 5.05. The smallest absolute Gasteiger partial charge is 0.335 e. The van der Waals surface area contributed by atoms with Crippen LogP contribution in [0.2, 0.25) is 5.02 Å². The van der Waals surface area contributed by atoms with E-state index in [1.165, 1.54) is 0 Å². The van der Waals surface area contributed by atoms with Crippen molar-refractivity contribution in [3.63, 3.8) is 0 Å². The number of benzene rings is 3. The van der Waals surface area contributed by atoms with Crippen LogP contribution in [0.25, 0.3) is 0 Å². The summed E-state index contributed by atoms with van der Waals surface area (Å²) in [6.07, 6.45) is 2.62. The van der Waals surface area contributed by atoms with E-state index >= 15 is 0 Å². The molecule has 0 radical (unpaired) electrons. The Morgan fingerprint density at radius 1 is 1.09 bits per heavy atom. The standard InChI is InChI=1S/C28H26ClNO5/c1-34-19-11-12-20-23(30-27(33)28(13-4-14-28)21-5-2-3-6-22(21)29)16-24(35-25(20)15-19)17-7-9-18(10-8-17)26(31)32/h2-3,5-12,15,23-24H,4,13-14,16H2,1H3,(H,30,33)(H,31,32)/t23-,24-/m1/s1. The summed E-state index contributed by atoms with van der Waals surface area (Å²) in [7, 11) is 1.59. The molecule has 1 fully saturated rings. The first kappa shape index (κ1) is 23.2. The van der Waals surface area contributed by atoms with Crippen LogP contribution in [-0.4, -0.2) is 24.1 Å². The van der Waals surface area contributed by atoms with Gasteiger partial charge in [-0.3, -0.25) is 4.79 Å². The summed E-state index contributed by atoms with van der Waals surface area (Å²) in [6, 6.07) is 19.5. The molecule has 1 saturated carbocycles. The zero-order chi connectivity index (χ0) is 24.6. The molecule has 1 heterocycles. The van der Waals surface area contributed by atoms with Crippen LogP contribution < -0.4 is 14.8 Å². The van der Waals surface area contributed by atoms with E-state index in [1.807, 2.05) is 42.5 Å². The van der Waals surface area contributed by atoms with Crippen LogP contribution in [0.4, 0.5) is 0 Å². The third-order valence-corrected chi connectivity index (χ3v) is 7.51. The van der Waals surface area contributed by atoms with Crippen molar-refractivity contribution in [2.75, 3.05) is 7.11 Å². The number of amides is 1. The lowest BCUT2D eigenvalue weighted by Gasteiger charge is -2.43. The molecule has 0 bridgehead atoms. The molecule has 35 heavy (non-hydrogen) atoms. The Labute approximate surface area is 208 Å². The zero-order valence-electron chi connectivity index (χ0n) is 19.3. The molecule has 6 nitrogen and oxygen atoms in total. The van der Waals surface area contributed by atoms with Crippen LogP contribution in [0.5, 0.6) is 11.5 Å². The molecular weight excluding hydrogens is 466 g/mol. The minimum atomic E-state index is -0.980. The molecule has 180 valence electrons. The van der Waals surface area contributed by atoms with Crippen LogP contribution in [0.15, 0.2) is 66.7 Å². The minimum Gasteiger partial charge on any atom is -0.497 e. The second-order valence-electron chi connectivity index (χ2n) is 9.11. The number of ether oxygens (including phenoxy) is 2. The lowest BCUT2D eigenvalue weighted by Crippen LogP contribution is -2.50. The van der Waals surface area contributed by atoms with Gasteiger partial charge in [0.15, 0.2) is 0 Å². The number of fused-ring (bicyclic) bond motifs is 1. The lowest BCUT2D eigenvalue weighted by molar-refractivity contribution is -0.131. The first-order valence-electron chi connectivity index (χ1n) is 11.6. The molecule has 7 heteroatoms. The lowest BCUT2D eigenvalue weighted by atomic mass is 9.63. The van der Waals surface area contributed by atoms with Gasteiger partial charge >= 0.3 is 5.97 Å². The molecular formula is C28H26ClNO5. The number of hydrogen-bond donors (Lipinski definition) is 2. The quantitative estimate of drug-likeness (QED) is 0.452. The summed E-state index contributed by atoms with van der Waals surface area (Å²) in [5.74, 6) is 0.271. The van der Waals surface area contributed by atoms with Gasteiger partial charge in [0, 0.05) is 23.1 Å². The Balaban J connectivity index is 1.47. The first-order chi connectivity index (χ1) is 16.9. The van der Waals surface area contributed by atoms with Gasteiger partial charge in [0.25, 0.3) is 0 Å². The molecule has 0 aromatic heterocycles. The Bertz CT molecular complexity index is 1270. The van der Waals surface area contributed by atoms with Crippen LogP contribution in [0.3, 0.4) is 0 Å². The van der Waals surface area contributed by atoms with Crippen molar-refractivity contribution in [3.8, 4) is 11.5 Å². The molecule has 1 amide bonds. The summed E-state index contributed by atoms with van der Waals surface area (Å²) in [6.45, 7) is 0. The number of carbonyl (C=O) groups excluding carboxylic acids is 1. The maximum Gasteiger partial charge on any atom is 0.335 e. The van der Waals surface area contributed by atoms with Gasteiger partial charge in [-0.05, 0) is 54.3 Å². The molecule has 0 spiro atoms. The number of carboxylic acids is 1. The third-order valence-electron chi connectivity index (χ3n) is 7.18.